The number of methoxy groups -OCH3 is 1. The molecule has 0 aromatic heterocycles. The molecule has 0 saturated heterocycles. The minimum absolute atomic E-state index is 0.0477. The fourth-order valence-electron chi connectivity index (χ4n) is 2.06. The molecule has 4 heteroatoms. The molecule has 0 atom stereocenters. The minimum atomic E-state index is -0.0477. The van der Waals surface area contributed by atoms with Crippen molar-refractivity contribution in [3.8, 4) is 5.75 Å². The standard InChI is InChI=1S/C17H20N2O2/c1-4-18-17(20)13-8-9-16(12(2)10-13)19-14-6-5-7-15(11-14)21-3/h5-11,19H,4H2,1-3H3,(H,18,20). The van der Waals surface area contributed by atoms with E-state index in [0.29, 0.717) is 12.1 Å². The van der Waals surface area contributed by atoms with Gasteiger partial charge in [-0.05, 0) is 49.7 Å². The summed E-state index contributed by atoms with van der Waals surface area (Å²) in [4.78, 5) is 11.8. The lowest BCUT2D eigenvalue weighted by atomic mass is 10.1. The van der Waals surface area contributed by atoms with Crippen LogP contribution in [-0.2, 0) is 0 Å². The zero-order chi connectivity index (χ0) is 15.2. The molecule has 0 aliphatic heterocycles. The van der Waals surface area contributed by atoms with Crippen LogP contribution in [0.15, 0.2) is 42.5 Å². The van der Waals surface area contributed by atoms with Gasteiger partial charge in [0.05, 0.1) is 7.11 Å². The lowest BCUT2D eigenvalue weighted by molar-refractivity contribution is 0.0956. The molecule has 1 amide bonds. The van der Waals surface area contributed by atoms with Crippen molar-refractivity contribution in [2.45, 2.75) is 13.8 Å². The van der Waals surface area contributed by atoms with Crippen LogP contribution in [0.5, 0.6) is 5.75 Å². The van der Waals surface area contributed by atoms with Crippen LogP contribution in [0.1, 0.15) is 22.8 Å². The van der Waals surface area contributed by atoms with Crippen LogP contribution in [0, 0.1) is 6.92 Å². The highest BCUT2D eigenvalue weighted by Crippen LogP contribution is 2.24. The van der Waals surface area contributed by atoms with E-state index in [1.165, 1.54) is 0 Å². The Balaban J connectivity index is 2.19. The molecule has 0 aliphatic rings. The van der Waals surface area contributed by atoms with Crippen LogP contribution in [0.25, 0.3) is 0 Å². The number of carbonyl (C=O) groups is 1. The van der Waals surface area contributed by atoms with Crippen LogP contribution >= 0.6 is 0 Å². The molecule has 21 heavy (non-hydrogen) atoms. The van der Waals surface area contributed by atoms with E-state index in [9.17, 15) is 4.79 Å². The Morgan fingerprint density at radius 1 is 1.19 bits per heavy atom. The summed E-state index contributed by atoms with van der Waals surface area (Å²) < 4.78 is 5.21. The Morgan fingerprint density at radius 2 is 2.00 bits per heavy atom. The number of anilines is 2. The number of ether oxygens (including phenoxy) is 1. The van der Waals surface area contributed by atoms with Crippen molar-refractivity contribution in [2.24, 2.45) is 0 Å². The van der Waals surface area contributed by atoms with Crippen molar-refractivity contribution in [1.82, 2.24) is 5.32 Å². The highest BCUT2D eigenvalue weighted by Gasteiger charge is 2.07. The molecule has 0 unspecified atom stereocenters. The van der Waals surface area contributed by atoms with E-state index in [-0.39, 0.29) is 5.91 Å². The molecule has 0 fully saturated rings. The first-order chi connectivity index (χ1) is 10.1. The Kier molecular flexibility index (Phi) is 4.82. The topological polar surface area (TPSA) is 50.4 Å². The molecule has 2 N–H and O–H groups in total. The molecule has 0 bridgehead atoms. The number of hydrogen-bond acceptors (Lipinski definition) is 3. The molecule has 0 radical (unpaired) electrons. The molecule has 4 nitrogen and oxygen atoms in total. The normalized spacial score (nSPS) is 10.0. The third kappa shape index (κ3) is 3.75. The average molecular weight is 284 g/mol. The molecule has 110 valence electrons. The number of carbonyl (C=O) groups excluding carboxylic acids is 1. The summed E-state index contributed by atoms with van der Waals surface area (Å²) in [6.45, 7) is 4.51. The van der Waals surface area contributed by atoms with E-state index < -0.39 is 0 Å². The third-order valence-electron chi connectivity index (χ3n) is 3.17. The fraction of sp³-hybridized carbons (Fsp3) is 0.235. The Hall–Kier alpha value is -2.49. The van der Waals surface area contributed by atoms with E-state index >= 15 is 0 Å². The van der Waals surface area contributed by atoms with Gasteiger partial charge < -0.3 is 15.4 Å². The second-order valence-electron chi connectivity index (χ2n) is 4.75. The van der Waals surface area contributed by atoms with Crippen molar-refractivity contribution < 1.29 is 9.53 Å². The van der Waals surface area contributed by atoms with Gasteiger partial charge in [-0.1, -0.05) is 6.07 Å². The first kappa shape index (κ1) is 14.9. The summed E-state index contributed by atoms with van der Waals surface area (Å²) in [5, 5.41) is 6.13. The van der Waals surface area contributed by atoms with Gasteiger partial charge in [0.25, 0.3) is 5.91 Å². The summed E-state index contributed by atoms with van der Waals surface area (Å²) in [5.41, 5.74) is 3.60. The van der Waals surface area contributed by atoms with Crippen LogP contribution in [-0.4, -0.2) is 19.6 Å². The van der Waals surface area contributed by atoms with E-state index in [0.717, 1.165) is 22.7 Å². The quantitative estimate of drug-likeness (QED) is 0.883. The van der Waals surface area contributed by atoms with Gasteiger partial charge in [-0.3, -0.25) is 4.79 Å². The molecule has 2 aromatic carbocycles. The smallest absolute Gasteiger partial charge is 0.251 e. The largest absolute Gasteiger partial charge is 0.497 e. The summed E-state index contributed by atoms with van der Waals surface area (Å²) in [5.74, 6) is 0.755. The highest BCUT2D eigenvalue weighted by atomic mass is 16.5. The summed E-state index contributed by atoms with van der Waals surface area (Å²) in [7, 11) is 1.64. The van der Waals surface area contributed by atoms with E-state index in [2.05, 4.69) is 10.6 Å². The average Bonchev–Trinajstić information content (AvgIpc) is 2.49. The molecule has 2 rings (SSSR count). The van der Waals surface area contributed by atoms with Crippen molar-refractivity contribution in [1.29, 1.82) is 0 Å². The van der Waals surface area contributed by atoms with Gasteiger partial charge >= 0.3 is 0 Å². The predicted molar refractivity (Wildman–Crippen MR) is 85.5 cm³/mol. The molecule has 2 aromatic rings. The molecule has 0 saturated carbocycles. The maximum Gasteiger partial charge on any atom is 0.251 e. The highest BCUT2D eigenvalue weighted by molar-refractivity contribution is 5.95. The van der Waals surface area contributed by atoms with Gasteiger partial charge in [0.15, 0.2) is 0 Å². The van der Waals surface area contributed by atoms with Crippen molar-refractivity contribution >= 4 is 17.3 Å². The Morgan fingerprint density at radius 3 is 2.67 bits per heavy atom. The maximum absolute atomic E-state index is 11.8. The monoisotopic (exact) mass is 284 g/mol. The van der Waals surface area contributed by atoms with Crippen molar-refractivity contribution in [2.75, 3.05) is 19.0 Å². The second-order valence-corrected chi connectivity index (χ2v) is 4.75. The lowest BCUT2D eigenvalue weighted by Gasteiger charge is -2.12. The van der Waals surface area contributed by atoms with Gasteiger partial charge in [0, 0.05) is 29.5 Å². The van der Waals surface area contributed by atoms with Gasteiger partial charge in [0.2, 0.25) is 0 Å². The van der Waals surface area contributed by atoms with Crippen molar-refractivity contribution in [3.63, 3.8) is 0 Å². The molecular weight excluding hydrogens is 264 g/mol. The number of amides is 1. The number of rotatable bonds is 5. The first-order valence-electron chi connectivity index (χ1n) is 6.94. The van der Waals surface area contributed by atoms with Gasteiger partial charge in [0.1, 0.15) is 5.75 Å². The number of aryl methyl sites for hydroxylation is 1. The third-order valence-corrected chi connectivity index (χ3v) is 3.17. The summed E-state index contributed by atoms with van der Waals surface area (Å²) in [6, 6.07) is 13.3. The van der Waals surface area contributed by atoms with Crippen LogP contribution in [0.2, 0.25) is 0 Å². The maximum atomic E-state index is 11.8. The predicted octanol–water partition coefficient (Wildman–Crippen LogP) is 3.50. The van der Waals surface area contributed by atoms with E-state index in [1.54, 1.807) is 7.11 Å². The van der Waals surface area contributed by atoms with Gasteiger partial charge in [-0.25, -0.2) is 0 Å². The zero-order valence-electron chi connectivity index (χ0n) is 12.6. The van der Waals surface area contributed by atoms with E-state index in [1.807, 2.05) is 56.3 Å². The van der Waals surface area contributed by atoms with Crippen molar-refractivity contribution in [3.05, 3.63) is 53.6 Å². The number of hydrogen-bond donors (Lipinski definition) is 2. The SMILES string of the molecule is CCNC(=O)c1ccc(Nc2cccc(OC)c2)c(C)c1. The fourth-order valence-corrected chi connectivity index (χ4v) is 2.06. The first-order valence-corrected chi connectivity index (χ1v) is 6.94. The van der Waals surface area contributed by atoms with Crippen LogP contribution in [0.3, 0.4) is 0 Å². The Labute approximate surface area is 125 Å². The van der Waals surface area contributed by atoms with Crippen LogP contribution in [0.4, 0.5) is 11.4 Å². The minimum Gasteiger partial charge on any atom is -0.497 e. The van der Waals surface area contributed by atoms with E-state index in [4.69, 9.17) is 4.74 Å². The summed E-state index contributed by atoms with van der Waals surface area (Å²) >= 11 is 0. The number of benzene rings is 2. The number of nitrogens with one attached hydrogen (secondary N) is 2. The van der Waals surface area contributed by atoms with Gasteiger partial charge in [-0.15, -0.1) is 0 Å². The summed E-state index contributed by atoms with van der Waals surface area (Å²) in [6.07, 6.45) is 0. The molecular formula is C17H20N2O2. The van der Waals surface area contributed by atoms with Gasteiger partial charge in [-0.2, -0.15) is 0 Å². The molecule has 0 spiro atoms. The lowest BCUT2D eigenvalue weighted by Crippen LogP contribution is -2.22. The zero-order valence-corrected chi connectivity index (χ0v) is 12.6. The second kappa shape index (κ2) is 6.79. The Bertz CT molecular complexity index is 638. The molecule has 0 aliphatic carbocycles. The van der Waals surface area contributed by atoms with Crippen LogP contribution < -0.4 is 15.4 Å². The molecule has 0 heterocycles.